The van der Waals surface area contributed by atoms with Gasteiger partial charge in [-0.2, -0.15) is 0 Å². The van der Waals surface area contributed by atoms with Crippen molar-refractivity contribution in [1.29, 1.82) is 0 Å². The average molecular weight is 388 g/mol. The zero-order valence-electron chi connectivity index (χ0n) is 17.5. The van der Waals surface area contributed by atoms with Crippen molar-refractivity contribution in [2.45, 2.75) is 44.7 Å². The molecule has 1 saturated heterocycles. The smallest absolute Gasteiger partial charge is 0.162 e. The maximum absolute atomic E-state index is 4.85. The van der Waals surface area contributed by atoms with Crippen LogP contribution in [-0.4, -0.2) is 39.6 Å². The average Bonchev–Trinajstić information content (AvgIpc) is 3.21. The van der Waals surface area contributed by atoms with Gasteiger partial charge in [-0.25, -0.2) is 9.97 Å². The SMILES string of the molecule is CC(C)c1ncc2n1-c1ncccc1N(C)C21CCN(Cc2ccccc2)CC1. The molecule has 4 heterocycles. The van der Waals surface area contributed by atoms with Crippen LogP contribution in [0.3, 0.4) is 0 Å². The van der Waals surface area contributed by atoms with Crippen LogP contribution in [0.1, 0.15) is 49.7 Å². The maximum atomic E-state index is 4.85. The molecule has 0 N–H and O–H groups in total. The highest BCUT2D eigenvalue weighted by atomic mass is 15.3. The van der Waals surface area contributed by atoms with Crippen LogP contribution in [0.2, 0.25) is 0 Å². The topological polar surface area (TPSA) is 37.2 Å². The third-order valence-corrected chi connectivity index (χ3v) is 6.70. The molecule has 2 aliphatic heterocycles. The van der Waals surface area contributed by atoms with Gasteiger partial charge in [-0.3, -0.25) is 9.47 Å². The van der Waals surface area contributed by atoms with Crippen molar-refractivity contribution in [1.82, 2.24) is 19.4 Å². The summed E-state index contributed by atoms with van der Waals surface area (Å²) in [5, 5.41) is 0. The van der Waals surface area contributed by atoms with Crippen molar-refractivity contribution < 1.29 is 0 Å². The van der Waals surface area contributed by atoms with Gasteiger partial charge in [0, 0.05) is 38.8 Å². The van der Waals surface area contributed by atoms with Crippen molar-refractivity contribution in [2.75, 3.05) is 25.0 Å². The number of rotatable bonds is 3. The molecular formula is C24H29N5. The molecule has 29 heavy (non-hydrogen) atoms. The first-order valence-electron chi connectivity index (χ1n) is 10.6. The number of anilines is 1. The maximum Gasteiger partial charge on any atom is 0.162 e. The van der Waals surface area contributed by atoms with Gasteiger partial charge >= 0.3 is 0 Å². The Hall–Kier alpha value is -2.66. The van der Waals surface area contributed by atoms with Gasteiger partial charge in [0.1, 0.15) is 5.82 Å². The van der Waals surface area contributed by atoms with Gasteiger partial charge in [0.25, 0.3) is 0 Å². The molecule has 5 rings (SSSR count). The second-order valence-electron chi connectivity index (χ2n) is 8.69. The molecule has 3 aromatic rings. The molecule has 0 bridgehead atoms. The summed E-state index contributed by atoms with van der Waals surface area (Å²) in [5.41, 5.74) is 3.87. The second kappa shape index (κ2) is 6.99. The van der Waals surface area contributed by atoms with Crippen molar-refractivity contribution in [3.8, 4) is 5.82 Å². The largest absolute Gasteiger partial charge is 0.360 e. The zero-order chi connectivity index (χ0) is 20.0. The van der Waals surface area contributed by atoms with Crippen LogP contribution in [0.5, 0.6) is 0 Å². The van der Waals surface area contributed by atoms with Crippen molar-refractivity contribution >= 4 is 5.69 Å². The van der Waals surface area contributed by atoms with E-state index >= 15 is 0 Å². The molecule has 0 aliphatic carbocycles. The zero-order valence-corrected chi connectivity index (χ0v) is 17.5. The van der Waals surface area contributed by atoms with E-state index in [0.717, 1.165) is 44.1 Å². The Morgan fingerprint density at radius 2 is 1.76 bits per heavy atom. The predicted molar refractivity (Wildman–Crippen MR) is 116 cm³/mol. The van der Waals surface area contributed by atoms with Crippen LogP contribution in [0.15, 0.2) is 54.9 Å². The molecule has 0 atom stereocenters. The molecule has 2 aliphatic rings. The van der Waals surface area contributed by atoms with Crippen LogP contribution in [0.25, 0.3) is 5.82 Å². The number of aromatic nitrogens is 3. The van der Waals surface area contributed by atoms with Crippen LogP contribution in [-0.2, 0) is 12.1 Å². The van der Waals surface area contributed by atoms with E-state index in [0.29, 0.717) is 5.92 Å². The molecule has 0 unspecified atom stereocenters. The minimum Gasteiger partial charge on any atom is -0.360 e. The van der Waals surface area contributed by atoms with Crippen LogP contribution in [0.4, 0.5) is 5.69 Å². The van der Waals surface area contributed by atoms with E-state index in [1.54, 1.807) is 0 Å². The number of likely N-dealkylation sites (tertiary alicyclic amines) is 1. The number of hydrogen-bond acceptors (Lipinski definition) is 4. The quantitative estimate of drug-likeness (QED) is 0.670. The number of fused-ring (bicyclic) bond motifs is 4. The fourth-order valence-corrected chi connectivity index (χ4v) is 5.06. The standard InChI is InChI=1S/C24H29N5/c1-18(2)22-26-16-21-24(27(3)20-10-7-13-25-23(20)29(21)22)11-14-28(15-12-24)17-19-8-5-4-6-9-19/h4-10,13,16,18H,11-12,14-15,17H2,1-3H3. The molecule has 0 radical (unpaired) electrons. The summed E-state index contributed by atoms with van der Waals surface area (Å²) in [6.45, 7) is 7.61. The summed E-state index contributed by atoms with van der Waals surface area (Å²) < 4.78 is 2.34. The van der Waals surface area contributed by atoms with E-state index in [2.05, 4.69) is 77.9 Å². The number of hydrogen-bond donors (Lipinski definition) is 0. The second-order valence-corrected chi connectivity index (χ2v) is 8.69. The number of nitrogens with zero attached hydrogens (tertiary/aromatic N) is 5. The summed E-state index contributed by atoms with van der Waals surface area (Å²) in [4.78, 5) is 14.6. The van der Waals surface area contributed by atoms with E-state index in [4.69, 9.17) is 9.97 Å². The first-order chi connectivity index (χ1) is 14.1. The third-order valence-electron chi connectivity index (χ3n) is 6.70. The summed E-state index contributed by atoms with van der Waals surface area (Å²) in [6, 6.07) is 15.0. The number of piperidine rings is 1. The Kier molecular flexibility index (Phi) is 4.43. The van der Waals surface area contributed by atoms with Crippen LogP contribution >= 0.6 is 0 Å². The van der Waals surface area contributed by atoms with Gasteiger partial charge in [0.15, 0.2) is 5.82 Å². The van der Waals surface area contributed by atoms with Gasteiger partial charge in [-0.1, -0.05) is 44.2 Å². The first kappa shape index (κ1) is 18.4. The molecule has 150 valence electrons. The monoisotopic (exact) mass is 387 g/mol. The molecule has 2 aromatic heterocycles. The lowest BCUT2D eigenvalue weighted by Gasteiger charge is -2.51. The lowest BCUT2D eigenvalue weighted by molar-refractivity contribution is 0.145. The molecule has 5 nitrogen and oxygen atoms in total. The summed E-state index contributed by atoms with van der Waals surface area (Å²) >= 11 is 0. The number of imidazole rings is 1. The highest BCUT2D eigenvalue weighted by Crippen LogP contribution is 2.47. The van der Waals surface area contributed by atoms with Gasteiger partial charge in [0.05, 0.1) is 23.1 Å². The predicted octanol–water partition coefficient (Wildman–Crippen LogP) is 4.33. The molecule has 1 spiro atoms. The summed E-state index contributed by atoms with van der Waals surface area (Å²) in [7, 11) is 2.24. The highest BCUT2D eigenvalue weighted by Gasteiger charge is 2.47. The number of pyridine rings is 1. The Labute approximate surface area is 173 Å². The Morgan fingerprint density at radius 1 is 1.00 bits per heavy atom. The minimum atomic E-state index is -0.0244. The van der Waals surface area contributed by atoms with E-state index in [1.165, 1.54) is 16.9 Å². The van der Waals surface area contributed by atoms with Gasteiger partial charge in [-0.05, 0) is 30.5 Å². The summed E-state index contributed by atoms with van der Waals surface area (Å²) in [5.74, 6) is 2.49. The van der Waals surface area contributed by atoms with E-state index in [-0.39, 0.29) is 5.54 Å². The van der Waals surface area contributed by atoms with Gasteiger partial charge < -0.3 is 4.90 Å². The van der Waals surface area contributed by atoms with Gasteiger partial charge in [0.2, 0.25) is 0 Å². The Bertz CT molecular complexity index is 999. The van der Waals surface area contributed by atoms with E-state index in [9.17, 15) is 0 Å². The molecular weight excluding hydrogens is 358 g/mol. The van der Waals surface area contributed by atoms with Crippen LogP contribution < -0.4 is 4.90 Å². The Balaban J connectivity index is 1.50. The first-order valence-corrected chi connectivity index (χ1v) is 10.6. The van der Waals surface area contributed by atoms with Crippen molar-refractivity contribution in [3.63, 3.8) is 0 Å². The lowest BCUT2D eigenvalue weighted by Crippen LogP contribution is -2.54. The molecule has 1 aromatic carbocycles. The highest BCUT2D eigenvalue weighted by molar-refractivity contribution is 5.65. The summed E-state index contributed by atoms with van der Waals surface area (Å²) in [6.07, 6.45) is 6.18. The third kappa shape index (κ3) is 2.87. The molecule has 5 heteroatoms. The fraction of sp³-hybridized carbons (Fsp3) is 0.417. The molecule has 0 saturated carbocycles. The molecule has 1 fully saturated rings. The normalized spacial score (nSPS) is 18.1. The van der Waals surface area contributed by atoms with Crippen molar-refractivity contribution in [3.05, 3.63) is 71.9 Å². The minimum absolute atomic E-state index is 0.0244. The lowest BCUT2D eigenvalue weighted by atomic mass is 9.81. The molecule has 0 amide bonds. The van der Waals surface area contributed by atoms with Crippen molar-refractivity contribution in [2.24, 2.45) is 0 Å². The fourth-order valence-electron chi connectivity index (χ4n) is 5.06. The van der Waals surface area contributed by atoms with Gasteiger partial charge in [-0.15, -0.1) is 0 Å². The Morgan fingerprint density at radius 3 is 2.48 bits per heavy atom. The van der Waals surface area contributed by atoms with Crippen LogP contribution in [0, 0.1) is 0 Å². The van der Waals surface area contributed by atoms with E-state index in [1.807, 2.05) is 12.3 Å². The number of benzene rings is 1. The van der Waals surface area contributed by atoms with E-state index < -0.39 is 0 Å².